The number of esters is 2. The summed E-state index contributed by atoms with van der Waals surface area (Å²) in [7, 11) is 1.42. The first-order chi connectivity index (χ1) is 16.8. The number of ether oxygens (including phenoxy) is 2. The van der Waals surface area contributed by atoms with E-state index in [-0.39, 0.29) is 29.4 Å². The highest BCUT2D eigenvalue weighted by atomic mass is 16.5. The summed E-state index contributed by atoms with van der Waals surface area (Å²) >= 11 is 0. The molecular weight excluding hydrogens is 440 g/mol. The second-order valence-electron chi connectivity index (χ2n) is 11.2. The maximum absolute atomic E-state index is 13.0. The highest BCUT2D eigenvalue weighted by Gasteiger charge is 2.65. The zero-order valence-corrected chi connectivity index (χ0v) is 20.9. The van der Waals surface area contributed by atoms with Crippen LogP contribution in [-0.4, -0.2) is 48.7 Å². The van der Waals surface area contributed by atoms with E-state index in [0.29, 0.717) is 12.0 Å². The number of anilines is 1. The number of likely N-dealkylation sites (tertiary alicyclic amines) is 1. The third-order valence-electron chi connectivity index (χ3n) is 8.90. The highest BCUT2D eigenvalue weighted by Crippen LogP contribution is 2.62. The predicted molar refractivity (Wildman–Crippen MR) is 132 cm³/mol. The molecule has 5 radical (unpaired) electrons. The van der Waals surface area contributed by atoms with Crippen molar-refractivity contribution in [2.24, 2.45) is 5.41 Å². The van der Waals surface area contributed by atoms with Crippen LogP contribution < -0.4 is 5.32 Å². The molecular formula is C29H33N2O4. The second kappa shape index (κ2) is 8.09. The van der Waals surface area contributed by atoms with Gasteiger partial charge in [0.25, 0.3) is 0 Å². The highest BCUT2D eigenvalue weighted by molar-refractivity contribution is 5.93. The van der Waals surface area contributed by atoms with Crippen LogP contribution in [0.2, 0.25) is 0 Å². The third kappa shape index (κ3) is 3.24. The Kier molecular flexibility index (Phi) is 5.33. The Hall–Kier alpha value is -2.34. The van der Waals surface area contributed by atoms with Gasteiger partial charge in [-0.2, -0.15) is 0 Å². The van der Waals surface area contributed by atoms with E-state index in [9.17, 15) is 9.59 Å². The van der Waals surface area contributed by atoms with Gasteiger partial charge in [0.2, 0.25) is 0 Å². The van der Waals surface area contributed by atoms with Crippen LogP contribution in [0, 0.1) is 36.5 Å². The predicted octanol–water partition coefficient (Wildman–Crippen LogP) is 4.15. The number of hydrogen-bond acceptors (Lipinski definition) is 6. The molecule has 2 saturated carbocycles. The number of hydrogen-bond donors (Lipinski definition) is 1. The quantitative estimate of drug-likeness (QED) is 0.666. The first-order valence-electron chi connectivity index (χ1n) is 12.6. The molecule has 1 aromatic rings. The van der Waals surface area contributed by atoms with Crippen molar-refractivity contribution in [3.05, 3.63) is 72.2 Å². The molecule has 0 bridgehead atoms. The number of methoxy groups -OCH3 is 1. The van der Waals surface area contributed by atoms with Gasteiger partial charge in [-0.25, -0.2) is 4.79 Å². The SMILES string of the molecule is COC(=O)C1=C2Nc3ccccc3[C@@]23CCN([C@H]2[C]4[CH][CH][CH][C]4CCC2(C)C)[C@H]3[C@H](OC(C)=O)C1. The van der Waals surface area contributed by atoms with Gasteiger partial charge in [0, 0.05) is 43.2 Å². The number of rotatable bonds is 3. The van der Waals surface area contributed by atoms with Crippen LogP contribution in [0.1, 0.15) is 52.0 Å². The van der Waals surface area contributed by atoms with E-state index >= 15 is 0 Å². The molecule has 3 fully saturated rings. The van der Waals surface area contributed by atoms with E-state index in [1.165, 1.54) is 31.4 Å². The summed E-state index contributed by atoms with van der Waals surface area (Å²) < 4.78 is 11.3. The lowest BCUT2D eigenvalue weighted by Gasteiger charge is -2.54. The lowest BCUT2D eigenvalue weighted by Crippen LogP contribution is -2.62. The van der Waals surface area contributed by atoms with E-state index in [0.717, 1.165) is 37.2 Å². The molecule has 4 atom stereocenters. The number of carbonyl (C=O) groups is 2. The molecule has 1 aromatic carbocycles. The summed E-state index contributed by atoms with van der Waals surface area (Å²) in [6.07, 6.45) is 9.62. The fourth-order valence-corrected chi connectivity index (χ4v) is 7.62. The summed E-state index contributed by atoms with van der Waals surface area (Å²) in [6, 6.07) is 8.43. The summed E-state index contributed by atoms with van der Waals surface area (Å²) in [5.74, 6) is 2.14. The molecule has 0 aromatic heterocycles. The molecule has 183 valence electrons. The molecule has 1 saturated heterocycles. The summed E-state index contributed by atoms with van der Waals surface area (Å²) in [6.45, 7) is 7.04. The summed E-state index contributed by atoms with van der Waals surface area (Å²) in [5.41, 5.74) is 3.32. The van der Waals surface area contributed by atoms with Gasteiger partial charge >= 0.3 is 11.9 Å². The van der Waals surface area contributed by atoms with Crippen molar-refractivity contribution in [1.82, 2.24) is 4.90 Å². The van der Waals surface area contributed by atoms with Crippen molar-refractivity contribution in [3.63, 3.8) is 0 Å². The second-order valence-corrected chi connectivity index (χ2v) is 11.2. The van der Waals surface area contributed by atoms with Crippen molar-refractivity contribution in [3.8, 4) is 0 Å². The lowest BCUT2D eigenvalue weighted by molar-refractivity contribution is -0.153. The van der Waals surface area contributed by atoms with E-state index in [4.69, 9.17) is 9.47 Å². The molecule has 35 heavy (non-hydrogen) atoms. The average Bonchev–Trinajstić information content (AvgIpc) is 3.53. The van der Waals surface area contributed by atoms with Crippen LogP contribution in [0.4, 0.5) is 5.69 Å². The standard InChI is InChI=1S/C29H33N2O4/c1-17(32)35-23-16-20(27(33)34-4)24-29(21-10-5-6-11-22(21)30-24)14-15-31(26(23)29)25-19-9-7-8-18(19)12-13-28(25,2)3/h5-11,23,25-26,30H,12-16H2,1-4H3/t23-,25+,26+,29+/m1/s1. The van der Waals surface area contributed by atoms with Gasteiger partial charge in [0.15, 0.2) is 0 Å². The number of benzene rings is 1. The Balaban J connectivity index is 1.54. The Labute approximate surface area is 208 Å². The maximum atomic E-state index is 13.0. The summed E-state index contributed by atoms with van der Waals surface area (Å²) in [4.78, 5) is 28.0. The fraction of sp³-hybridized carbons (Fsp3) is 0.483. The molecule has 2 aliphatic heterocycles. The van der Waals surface area contributed by atoms with Gasteiger partial charge in [-0.05, 0) is 61.5 Å². The number of nitrogens with zero attached hydrogens (tertiary/aromatic N) is 1. The van der Waals surface area contributed by atoms with Crippen LogP contribution in [0.5, 0.6) is 0 Å². The van der Waals surface area contributed by atoms with E-state index in [2.05, 4.69) is 61.5 Å². The number of nitrogens with one attached hydrogen (secondary N) is 1. The van der Waals surface area contributed by atoms with Crippen molar-refractivity contribution in [1.29, 1.82) is 0 Å². The van der Waals surface area contributed by atoms with Crippen molar-refractivity contribution in [2.45, 2.75) is 70.1 Å². The Bertz CT molecular complexity index is 1090. The van der Waals surface area contributed by atoms with Gasteiger partial charge in [-0.15, -0.1) is 0 Å². The van der Waals surface area contributed by atoms with Crippen molar-refractivity contribution in [2.75, 3.05) is 19.0 Å². The smallest absolute Gasteiger partial charge is 0.335 e. The van der Waals surface area contributed by atoms with Crippen LogP contribution in [0.25, 0.3) is 0 Å². The van der Waals surface area contributed by atoms with Crippen molar-refractivity contribution < 1.29 is 19.1 Å². The molecule has 6 rings (SSSR count). The molecule has 2 heterocycles. The van der Waals surface area contributed by atoms with Gasteiger partial charge in [-0.1, -0.05) is 32.0 Å². The molecule has 6 nitrogen and oxygen atoms in total. The normalized spacial score (nSPS) is 34.0. The van der Waals surface area contributed by atoms with Crippen LogP contribution in [0.3, 0.4) is 0 Å². The first kappa shape index (κ1) is 23.1. The van der Waals surface area contributed by atoms with Gasteiger partial charge < -0.3 is 14.8 Å². The Morgan fingerprint density at radius 2 is 1.94 bits per heavy atom. The van der Waals surface area contributed by atoms with Gasteiger partial charge in [-0.3, -0.25) is 9.69 Å². The minimum absolute atomic E-state index is 0.0612. The largest absolute Gasteiger partial charge is 0.466 e. The molecule has 3 aliphatic carbocycles. The molecule has 0 unspecified atom stereocenters. The van der Waals surface area contributed by atoms with E-state index in [1.807, 2.05) is 6.07 Å². The van der Waals surface area contributed by atoms with Crippen LogP contribution in [0.15, 0.2) is 35.5 Å². The zero-order valence-electron chi connectivity index (χ0n) is 20.9. The number of carbonyl (C=O) groups excluding carboxylic acids is 2. The first-order valence-corrected chi connectivity index (χ1v) is 12.6. The van der Waals surface area contributed by atoms with Gasteiger partial charge in [0.1, 0.15) is 6.10 Å². The lowest BCUT2D eigenvalue weighted by atomic mass is 9.62. The summed E-state index contributed by atoms with van der Waals surface area (Å²) in [5, 5.41) is 3.61. The monoisotopic (exact) mass is 473 g/mol. The topological polar surface area (TPSA) is 67.9 Å². The molecule has 1 N–H and O–H groups in total. The van der Waals surface area contributed by atoms with E-state index < -0.39 is 11.5 Å². The van der Waals surface area contributed by atoms with Crippen LogP contribution in [-0.2, 0) is 24.5 Å². The molecule has 1 spiro atoms. The Morgan fingerprint density at radius 3 is 2.71 bits per heavy atom. The van der Waals surface area contributed by atoms with E-state index in [1.54, 1.807) is 0 Å². The van der Waals surface area contributed by atoms with Crippen LogP contribution >= 0.6 is 0 Å². The minimum Gasteiger partial charge on any atom is -0.466 e. The Morgan fingerprint density at radius 1 is 1.14 bits per heavy atom. The number of para-hydroxylation sites is 1. The van der Waals surface area contributed by atoms with Crippen molar-refractivity contribution >= 4 is 17.6 Å². The maximum Gasteiger partial charge on any atom is 0.335 e. The molecule has 0 amide bonds. The van der Waals surface area contributed by atoms with Gasteiger partial charge in [0.05, 0.1) is 24.1 Å². The zero-order chi connectivity index (χ0) is 24.5. The fourth-order valence-electron chi connectivity index (χ4n) is 7.62. The minimum atomic E-state index is -0.460. The average molecular weight is 474 g/mol. The third-order valence-corrected chi connectivity index (χ3v) is 8.90. The molecule has 6 heteroatoms. The number of fused-ring (bicyclic) bond motifs is 2. The molecule has 5 aliphatic rings.